The van der Waals surface area contributed by atoms with Crippen molar-refractivity contribution in [2.45, 2.75) is 25.3 Å². The molecule has 1 fully saturated rings. The molecule has 150 valence electrons. The maximum absolute atomic E-state index is 12.9. The van der Waals surface area contributed by atoms with Gasteiger partial charge in [0.2, 0.25) is 10.0 Å². The summed E-state index contributed by atoms with van der Waals surface area (Å²) in [5, 5.41) is 0. The van der Waals surface area contributed by atoms with E-state index in [1.165, 1.54) is 4.31 Å². The molecule has 0 spiro atoms. The number of benzene rings is 2. The zero-order valence-electron chi connectivity index (χ0n) is 16.5. The molecule has 2 aromatic carbocycles. The number of methoxy groups -OCH3 is 1. The Bertz CT molecular complexity index is 964. The van der Waals surface area contributed by atoms with E-state index in [1.807, 2.05) is 38.1 Å². The molecule has 1 amide bonds. The minimum atomic E-state index is -3.55. The van der Waals surface area contributed by atoms with Gasteiger partial charge < -0.3 is 9.64 Å². The monoisotopic (exact) mass is 402 g/mol. The number of ether oxygens (including phenoxy) is 1. The second-order valence-electron chi connectivity index (χ2n) is 7.08. The zero-order chi connectivity index (χ0) is 20.3. The fourth-order valence-corrected chi connectivity index (χ4v) is 4.81. The predicted molar refractivity (Wildman–Crippen MR) is 108 cm³/mol. The van der Waals surface area contributed by atoms with Crippen LogP contribution in [0.3, 0.4) is 0 Å². The Kier molecular flexibility index (Phi) is 6.17. The molecule has 1 saturated heterocycles. The van der Waals surface area contributed by atoms with Crippen LogP contribution in [0.2, 0.25) is 0 Å². The van der Waals surface area contributed by atoms with Crippen LogP contribution in [0.25, 0.3) is 0 Å². The van der Waals surface area contributed by atoms with Crippen molar-refractivity contribution in [2.75, 3.05) is 33.3 Å². The molecule has 7 heteroatoms. The maximum Gasteiger partial charge on any atom is 0.253 e. The second-order valence-corrected chi connectivity index (χ2v) is 9.01. The first-order valence-corrected chi connectivity index (χ1v) is 10.7. The Hall–Kier alpha value is -2.22. The number of nitrogens with zero attached hydrogens (tertiary/aromatic N) is 2. The summed E-state index contributed by atoms with van der Waals surface area (Å²) in [6.07, 6.45) is 0. The summed E-state index contributed by atoms with van der Waals surface area (Å²) in [5.74, 6) is -0.0822. The van der Waals surface area contributed by atoms with E-state index in [2.05, 4.69) is 0 Å². The molecule has 1 aliphatic heterocycles. The molecular weight excluding hydrogens is 376 g/mol. The number of hydrogen-bond acceptors (Lipinski definition) is 4. The van der Waals surface area contributed by atoms with Gasteiger partial charge in [-0.3, -0.25) is 4.79 Å². The highest BCUT2D eigenvalue weighted by molar-refractivity contribution is 7.89. The molecule has 28 heavy (non-hydrogen) atoms. The van der Waals surface area contributed by atoms with Gasteiger partial charge in [0.15, 0.2) is 0 Å². The molecule has 0 N–H and O–H groups in total. The fourth-order valence-electron chi connectivity index (χ4n) is 3.30. The summed E-state index contributed by atoms with van der Waals surface area (Å²) in [7, 11) is -1.94. The largest absolute Gasteiger partial charge is 0.380 e. The van der Waals surface area contributed by atoms with Gasteiger partial charge in [0.05, 0.1) is 11.5 Å². The molecule has 0 saturated carbocycles. The van der Waals surface area contributed by atoms with Crippen LogP contribution >= 0.6 is 0 Å². The molecule has 1 aliphatic rings. The van der Waals surface area contributed by atoms with Gasteiger partial charge in [-0.25, -0.2) is 8.42 Å². The number of carbonyl (C=O) groups excluding carboxylic acids is 1. The molecule has 0 aromatic heterocycles. The molecule has 3 rings (SSSR count). The third-order valence-electron chi connectivity index (χ3n) is 5.13. The third kappa shape index (κ3) is 4.27. The summed E-state index contributed by atoms with van der Waals surface area (Å²) in [6.45, 7) is 5.63. The number of amides is 1. The topological polar surface area (TPSA) is 66.9 Å². The van der Waals surface area contributed by atoms with Crippen LogP contribution < -0.4 is 0 Å². The minimum absolute atomic E-state index is 0.0822. The average molecular weight is 403 g/mol. The van der Waals surface area contributed by atoms with Gasteiger partial charge in [-0.2, -0.15) is 4.31 Å². The predicted octanol–water partition coefficient (Wildman–Crippen LogP) is 2.60. The van der Waals surface area contributed by atoms with Gasteiger partial charge in [0, 0.05) is 38.9 Å². The molecule has 0 aliphatic carbocycles. The van der Waals surface area contributed by atoms with E-state index in [9.17, 15) is 13.2 Å². The Balaban J connectivity index is 1.69. The van der Waals surface area contributed by atoms with Gasteiger partial charge in [0.1, 0.15) is 0 Å². The highest BCUT2D eigenvalue weighted by atomic mass is 32.2. The number of rotatable bonds is 5. The lowest BCUT2D eigenvalue weighted by Gasteiger charge is -2.34. The fraction of sp³-hybridized carbons (Fsp3) is 0.381. The van der Waals surface area contributed by atoms with Crippen LogP contribution in [0.1, 0.15) is 27.0 Å². The number of piperazine rings is 1. The van der Waals surface area contributed by atoms with E-state index in [1.54, 1.807) is 30.2 Å². The normalized spacial score (nSPS) is 15.6. The highest BCUT2D eigenvalue weighted by Gasteiger charge is 2.30. The van der Waals surface area contributed by atoms with Crippen LogP contribution in [0.5, 0.6) is 0 Å². The quantitative estimate of drug-likeness (QED) is 0.771. The molecule has 1 heterocycles. The zero-order valence-corrected chi connectivity index (χ0v) is 17.3. The molecule has 6 nitrogen and oxygen atoms in total. The van der Waals surface area contributed by atoms with Crippen molar-refractivity contribution in [2.24, 2.45) is 0 Å². The van der Waals surface area contributed by atoms with Crippen molar-refractivity contribution in [3.05, 3.63) is 64.7 Å². The van der Waals surface area contributed by atoms with Crippen molar-refractivity contribution in [1.82, 2.24) is 9.21 Å². The van der Waals surface area contributed by atoms with Gasteiger partial charge in [-0.05, 0) is 54.8 Å². The first-order valence-electron chi connectivity index (χ1n) is 9.27. The Morgan fingerprint density at radius 3 is 2.36 bits per heavy atom. The van der Waals surface area contributed by atoms with E-state index in [-0.39, 0.29) is 5.91 Å². The van der Waals surface area contributed by atoms with Crippen molar-refractivity contribution < 1.29 is 17.9 Å². The van der Waals surface area contributed by atoms with E-state index in [0.717, 1.165) is 16.7 Å². The van der Waals surface area contributed by atoms with Crippen LogP contribution in [-0.4, -0.2) is 56.8 Å². The van der Waals surface area contributed by atoms with Crippen molar-refractivity contribution in [3.8, 4) is 0 Å². The first kappa shape index (κ1) is 20.5. The van der Waals surface area contributed by atoms with Crippen molar-refractivity contribution in [3.63, 3.8) is 0 Å². The van der Waals surface area contributed by atoms with Crippen LogP contribution in [0.15, 0.2) is 47.4 Å². The van der Waals surface area contributed by atoms with Gasteiger partial charge in [-0.1, -0.05) is 18.2 Å². The van der Waals surface area contributed by atoms with Gasteiger partial charge in [-0.15, -0.1) is 0 Å². The van der Waals surface area contributed by atoms with Gasteiger partial charge in [0.25, 0.3) is 5.91 Å². The lowest BCUT2D eigenvalue weighted by molar-refractivity contribution is 0.0697. The summed E-state index contributed by atoms with van der Waals surface area (Å²) in [4.78, 5) is 14.8. The summed E-state index contributed by atoms with van der Waals surface area (Å²) in [5.41, 5.74) is 3.54. The molecule has 0 unspecified atom stereocenters. The maximum atomic E-state index is 12.9. The highest BCUT2D eigenvalue weighted by Crippen LogP contribution is 2.21. The van der Waals surface area contributed by atoms with Crippen molar-refractivity contribution >= 4 is 15.9 Å². The lowest BCUT2D eigenvalue weighted by Crippen LogP contribution is -2.50. The SMILES string of the molecule is COCc1cccc(C(=O)N2CCN(S(=O)(=O)c3ccc(C)c(C)c3)CC2)c1. The average Bonchev–Trinajstić information content (AvgIpc) is 2.70. The van der Waals surface area contributed by atoms with E-state index in [0.29, 0.717) is 43.2 Å². The Morgan fingerprint density at radius 2 is 1.71 bits per heavy atom. The molecule has 2 aromatic rings. The number of hydrogen-bond donors (Lipinski definition) is 0. The number of sulfonamides is 1. The van der Waals surface area contributed by atoms with Gasteiger partial charge >= 0.3 is 0 Å². The Labute approximate surface area is 166 Å². The van der Waals surface area contributed by atoms with Crippen LogP contribution in [0, 0.1) is 13.8 Å². The standard InChI is InChI=1S/C21H26N2O4S/c1-16-7-8-20(13-17(16)2)28(25,26)23-11-9-22(10-12-23)21(24)19-6-4-5-18(14-19)15-27-3/h4-8,13-14H,9-12,15H2,1-3H3. The second kappa shape index (κ2) is 8.43. The number of aryl methyl sites for hydroxylation is 2. The Morgan fingerprint density at radius 1 is 1.00 bits per heavy atom. The molecule has 0 radical (unpaired) electrons. The molecular formula is C21H26N2O4S. The van der Waals surface area contributed by atoms with E-state index in [4.69, 9.17) is 4.74 Å². The van der Waals surface area contributed by atoms with E-state index < -0.39 is 10.0 Å². The van der Waals surface area contributed by atoms with Crippen LogP contribution in [-0.2, 0) is 21.4 Å². The summed E-state index contributed by atoms with van der Waals surface area (Å²) >= 11 is 0. The first-order chi connectivity index (χ1) is 13.3. The lowest BCUT2D eigenvalue weighted by atomic mass is 10.1. The van der Waals surface area contributed by atoms with E-state index >= 15 is 0 Å². The summed E-state index contributed by atoms with van der Waals surface area (Å²) in [6, 6.07) is 12.5. The molecule has 0 bridgehead atoms. The van der Waals surface area contributed by atoms with Crippen LogP contribution in [0.4, 0.5) is 0 Å². The third-order valence-corrected chi connectivity index (χ3v) is 7.02. The summed E-state index contributed by atoms with van der Waals surface area (Å²) < 4.78 is 32.4. The number of carbonyl (C=O) groups is 1. The minimum Gasteiger partial charge on any atom is -0.380 e. The van der Waals surface area contributed by atoms with Crippen molar-refractivity contribution in [1.29, 1.82) is 0 Å². The molecule has 0 atom stereocenters. The smallest absolute Gasteiger partial charge is 0.253 e.